The van der Waals surface area contributed by atoms with Crippen LogP contribution in [-0.4, -0.2) is 21.8 Å². The maximum Gasteiger partial charge on any atom is 0.321 e. The molecule has 10 heteroatoms. The number of ether oxygens (including phenoxy) is 1. The minimum Gasteiger partial charge on any atom is -0.424 e. The molecular weight excluding hydrogens is 479 g/mol. The van der Waals surface area contributed by atoms with E-state index in [1.807, 2.05) is 6.92 Å². The van der Waals surface area contributed by atoms with Gasteiger partial charge in [-0.05, 0) is 73.5 Å². The monoisotopic (exact) mass is 496 g/mol. The van der Waals surface area contributed by atoms with Crippen LogP contribution in [0.4, 0.5) is 15.1 Å². The number of hydrogen-bond acceptors (Lipinski definition) is 6. The summed E-state index contributed by atoms with van der Waals surface area (Å²) in [5.41, 5.74) is 2.24. The molecule has 2 N–H and O–H groups in total. The molecule has 0 spiro atoms. The normalized spacial score (nSPS) is 10.6. The summed E-state index contributed by atoms with van der Waals surface area (Å²) in [5, 5.41) is 6.06. The zero-order chi connectivity index (χ0) is 24.2. The van der Waals surface area contributed by atoms with E-state index in [9.17, 15) is 14.0 Å². The highest BCUT2D eigenvalue weighted by Crippen LogP contribution is 2.30. The Morgan fingerprint density at radius 1 is 0.971 bits per heavy atom. The van der Waals surface area contributed by atoms with Crippen LogP contribution in [0.2, 0.25) is 5.02 Å². The average molecular weight is 497 g/mol. The SMILES string of the molecule is Cc1cc(Oc2ncccn2)ccc1NC(=O)c1sc(NC(=O)c2ccc(F)cc2Cl)cc1C. The second kappa shape index (κ2) is 9.98. The molecule has 0 atom stereocenters. The molecule has 172 valence electrons. The van der Waals surface area contributed by atoms with Gasteiger partial charge in [-0.15, -0.1) is 11.3 Å². The quantitative estimate of drug-likeness (QED) is 0.329. The third-order valence-corrected chi connectivity index (χ3v) is 6.20. The first-order valence-corrected chi connectivity index (χ1v) is 11.2. The zero-order valence-corrected chi connectivity index (χ0v) is 19.6. The van der Waals surface area contributed by atoms with Crippen LogP contribution in [0.3, 0.4) is 0 Å². The molecule has 0 radical (unpaired) electrons. The van der Waals surface area contributed by atoms with Crippen LogP contribution in [0.25, 0.3) is 0 Å². The minimum absolute atomic E-state index is 0.00507. The van der Waals surface area contributed by atoms with Crippen molar-refractivity contribution in [3.05, 3.63) is 93.3 Å². The molecule has 34 heavy (non-hydrogen) atoms. The third-order valence-electron chi connectivity index (χ3n) is 4.73. The van der Waals surface area contributed by atoms with Gasteiger partial charge in [-0.1, -0.05) is 11.6 Å². The highest BCUT2D eigenvalue weighted by Gasteiger charge is 2.18. The molecule has 0 aliphatic carbocycles. The molecule has 0 unspecified atom stereocenters. The Labute approximate surface area is 203 Å². The Kier molecular flexibility index (Phi) is 6.85. The zero-order valence-electron chi connectivity index (χ0n) is 18.1. The van der Waals surface area contributed by atoms with Crippen molar-refractivity contribution in [2.75, 3.05) is 10.6 Å². The Bertz CT molecular complexity index is 1380. The van der Waals surface area contributed by atoms with Gasteiger partial charge in [-0.25, -0.2) is 14.4 Å². The van der Waals surface area contributed by atoms with E-state index in [4.69, 9.17) is 16.3 Å². The van der Waals surface area contributed by atoms with Gasteiger partial charge < -0.3 is 15.4 Å². The first kappa shape index (κ1) is 23.3. The molecule has 4 aromatic rings. The summed E-state index contributed by atoms with van der Waals surface area (Å²) < 4.78 is 18.9. The molecule has 0 fully saturated rings. The standard InChI is InChI=1S/C24H18ClFN4O3S/c1-13-10-16(33-24-27-8-3-9-28-24)5-7-19(13)29-23(32)21-14(2)11-20(34-21)30-22(31)17-6-4-15(26)12-18(17)25/h3-12H,1-2H3,(H,29,32)(H,30,31). The number of benzene rings is 2. The van der Waals surface area contributed by atoms with Crippen LogP contribution in [0.5, 0.6) is 11.8 Å². The Balaban J connectivity index is 1.45. The van der Waals surface area contributed by atoms with Gasteiger partial charge in [0.25, 0.3) is 11.8 Å². The van der Waals surface area contributed by atoms with Crippen LogP contribution in [0.1, 0.15) is 31.2 Å². The molecule has 2 heterocycles. The molecule has 0 aliphatic rings. The number of anilines is 2. The van der Waals surface area contributed by atoms with E-state index >= 15 is 0 Å². The highest BCUT2D eigenvalue weighted by molar-refractivity contribution is 7.18. The lowest BCUT2D eigenvalue weighted by Gasteiger charge is -2.10. The van der Waals surface area contributed by atoms with E-state index in [1.54, 1.807) is 49.6 Å². The molecule has 2 aromatic heterocycles. The van der Waals surface area contributed by atoms with Crippen molar-refractivity contribution >= 4 is 45.4 Å². The number of rotatable bonds is 6. The van der Waals surface area contributed by atoms with Crippen molar-refractivity contribution < 1.29 is 18.7 Å². The molecule has 0 saturated heterocycles. The van der Waals surface area contributed by atoms with Crippen molar-refractivity contribution in [1.29, 1.82) is 0 Å². The fraction of sp³-hybridized carbons (Fsp3) is 0.0833. The second-order valence-corrected chi connectivity index (χ2v) is 8.72. The van der Waals surface area contributed by atoms with Gasteiger partial charge in [0.15, 0.2) is 0 Å². The Morgan fingerprint density at radius 3 is 2.44 bits per heavy atom. The van der Waals surface area contributed by atoms with E-state index < -0.39 is 11.7 Å². The van der Waals surface area contributed by atoms with Gasteiger partial charge in [0.05, 0.1) is 20.5 Å². The third kappa shape index (κ3) is 5.38. The predicted molar refractivity (Wildman–Crippen MR) is 130 cm³/mol. The van der Waals surface area contributed by atoms with E-state index in [0.29, 0.717) is 26.9 Å². The summed E-state index contributed by atoms with van der Waals surface area (Å²) in [6.07, 6.45) is 3.16. The summed E-state index contributed by atoms with van der Waals surface area (Å²) in [5.74, 6) is -0.799. The number of aromatic nitrogens is 2. The van der Waals surface area contributed by atoms with Crippen molar-refractivity contribution in [3.8, 4) is 11.8 Å². The minimum atomic E-state index is -0.532. The van der Waals surface area contributed by atoms with E-state index in [2.05, 4.69) is 20.6 Å². The van der Waals surface area contributed by atoms with Crippen molar-refractivity contribution in [3.63, 3.8) is 0 Å². The largest absolute Gasteiger partial charge is 0.424 e. The van der Waals surface area contributed by atoms with Crippen molar-refractivity contribution in [1.82, 2.24) is 9.97 Å². The van der Waals surface area contributed by atoms with Crippen LogP contribution < -0.4 is 15.4 Å². The summed E-state index contributed by atoms with van der Waals surface area (Å²) in [6, 6.07) is 12.4. The molecule has 2 aromatic carbocycles. The first-order valence-electron chi connectivity index (χ1n) is 10.0. The second-order valence-electron chi connectivity index (χ2n) is 7.27. The summed E-state index contributed by atoms with van der Waals surface area (Å²) in [7, 11) is 0. The maximum absolute atomic E-state index is 13.2. The Hall–Kier alpha value is -3.82. The van der Waals surface area contributed by atoms with Gasteiger partial charge in [0.1, 0.15) is 11.6 Å². The van der Waals surface area contributed by atoms with E-state index in [0.717, 1.165) is 29.0 Å². The topological polar surface area (TPSA) is 93.2 Å². The van der Waals surface area contributed by atoms with Crippen LogP contribution >= 0.6 is 22.9 Å². The number of carbonyl (C=O) groups is 2. The van der Waals surface area contributed by atoms with E-state index in [1.165, 1.54) is 6.07 Å². The first-order chi connectivity index (χ1) is 16.3. The van der Waals surface area contributed by atoms with Gasteiger partial charge in [-0.2, -0.15) is 0 Å². The molecular formula is C24H18ClFN4O3S. The summed E-state index contributed by atoms with van der Waals surface area (Å²) in [6.45, 7) is 3.61. The number of aryl methyl sites for hydroxylation is 2. The van der Waals surface area contributed by atoms with Crippen LogP contribution in [-0.2, 0) is 0 Å². The highest BCUT2D eigenvalue weighted by atomic mass is 35.5. The van der Waals surface area contributed by atoms with Crippen molar-refractivity contribution in [2.45, 2.75) is 13.8 Å². The van der Waals surface area contributed by atoms with E-state index in [-0.39, 0.29) is 22.5 Å². The summed E-state index contributed by atoms with van der Waals surface area (Å²) >= 11 is 7.09. The Morgan fingerprint density at radius 2 is 1.74 bits per heavy atom. The number of thiophene rings is 1. The number of carbonyl (C=O) groups excluding carboxylic acids is 2. The lowest BCUT2D eigenvalue weighted by molar-refractivity contribution is 0.102. The number of halogens is 2. The molecule has 0 aliphatic heterocycles. The fourth-order valence-corrected chi connectivity index (χ4v) is 4.30. The number of nitrogens with one attached hydrogen (secondary N) is 2. The van der Waals surface area contributed by atoms with Gasteiger partial charge >= 0.3 is 6.01 Å². The van der Waals surface area contributed by atoms with Gasteiger partial charge in [0, 0.05) is 18.1 Å². The average Bonchev–Trinajstić information content (AvgIpc) is 3.16. The van der Waals surface area contributed by atoms with Gasteiger partial charge in [0.2, 0.25) is 0 Å². The number of nitrogens with zero attached hydrogens (tertiary/aromatic N) is 2. The fourth-order valence-electron chi connectivity index (χ4n) is 3.08. The maximum atomic E-state index is 13.2. The smallest absolute Gasteiger partial charge is 0.321 e. The molecule has 0 saturated carbocycles. The lowest BCUT2D eigenvalue weighted by Crippen LogP contribution is -2.12. The molecule has 7 nitrogen and oxygen atoms in total. The number of hydrogen-bond donors (Lipinski definition) is 2. The number of amides is 2. The van der Waals surface area contributed by atoms with Crippen molar-refractivity contribution in [2.24, 2.45) is 0 Å². The molecule has 2 amide bonds. The van der Waals surface area contributed by atoms with Crippen LogP contribution in [0, 0.1) is 19.7 Å². The van der Waals surface area contributed by atoms with Crippen LogP contribution in [0.15, 0.2) is 60.9 Å². The molecule has 4 rings (SSSR count). The predicted octanol–water partition coefficient (Wildman–Crippen LogP) is 6.24. The lowest BCUT2D eigenvalue weighted by atomic mass is 10.2. The molecule has 0 bridgehead atoms. The van der Waals surface area contributed by atoms with Gasteiger partial charge in [-0.3, -0.25) is 9.59 Å². The summed E-state index contributed by atoms with van der Waals surface area (Å²) in [4.78, 5) is 33.9.